The summed E-state index contributed by atoms with van der Waals surface area (Å²) in [6.45, 7) is -0.694. The molecule has 0 bridgehead atoms. The van der Waals surface area contributed by atoms with Crippen LogP contribution >= 0.6 is 0 Å². The van der Waals surface area contributed by atoms with Gasteiger partial charge in [-0.1, -0.05) is 0 Å². The number of aliphatic hydroxyl groups excluding tert-OH is 1. The van der Waals surface area contributed by atoms with Gasteiger partial charge in [-0.2, -0.15) is 5.10 Å². The molecule has 1 rings (SSSR count). The Hall–Kier alpha value is -1.70. The zero-order valence-corrected chi connectivity index (χ0v) is 9.37. The Balaban J connectivity index is 2.95. The minimum absolute atomic E-state index is 0.0110. The standard InChI is InChI=1S/C9H13F2N3O3/c1-5-6(8(16)17)7(14(2)13-5)12-3-9(10,11)4-15/h12,15H,3-4H2,1-2H3,(H,16,17). The lowest BCUT2D eigenvalue weighted by Gasteiger charge is -2.15. The lowest BCUT2D eigenvalue weighted by atomic mass is 10.2. The molecule has 0 aliphatic heterocycles. The van der Waals surface area contributed by atoms with Crippen molar-refractivity contribution in [1.82, 2.24) is 9.78 Å². The number of halogens is 2. The van der Waals surface area contributed by atoms with Crippen LogP contribution in [0.4, 0.5) is 14.6 Å². The maximum atomic E-state index is 12.8. The number of carbonyl (C=O) groups is 1. The number of carboxylic acid groups (broad SMARTS) is 1. The zero-order valence-electron chi connectivity index (χ0n) is 9.37. The molecule has 3 N–H and O–H groups in total. The first-order chi connectivity index (χ1) is 7.78. The van der Waals surface area contributed by atoms with Gasteiger partial charge in [-0.05, 0) is 6.92 Å². The van der Waals surface area contributed by atoms with Gasteiger partial charge in [0.05, 0.1) is 12.2 Å². The number of rotatable bonds is 5. The predicted octanol–water partition coefficient (Wildman–Crippen LogP) is 0.466. The van der Waals surface area contributed by atoms with Gasteiger partial charge < -0.3 is 15.5 Å². The fourth-order valence-corrected chi connectivity index (χ4v) is 1.39. The summed E-state index contributed by atoms with van der Waals surface area (Å²) in [6.07, 6.45) is 0. The van der Waals surface area contributed by atoms with Crippen LogP contribution < -0.4 is 5.32 Å². The van der Waals surface area contributed by atoms with Gasteiger partial charge in [-0.15, -0.1) is 0 Å². The van der Waals surface area contributed by atoms with Crippen LogP contribution in [0.25, 0.3) is 0 Å². The molecule has 8 heteroatoms. The van der Waals surface area contributed by atoms with E-state index in [1.807, 2.05) is 0 Å². The van der Waals surface area contributed by atoms with Crippen molar-refractivity contribution in [3.63, 3.8) is 0 Å². The Morgan fingerprint density at radius 1 is 1.59 bits per heavy atom. The van der Waals surface area contributed by atoms with E-state index in [2.05, 4.69) is 10.4 Å². The summed E-state index contributed by atoms with van der Waals surface area (Å²) in [7, 11) is 1.44. The Kier molecular flexibility index (Phi) is 3.66. The Morgan fingerprint density at radius 2 is 2.18 bits per heavy atom. The van der Waals surface area contributed by atoms with Crippen molar-refractivity contribution in [2.75, 3.05) is 18.5 Å². The minimum Gasteiger partial charge on any atom is -0.477 e. The molecule has 0 aromatic carbocycles. The van der Waals surface area contributed by atoms with Crippen LogP contribution in [0.1, 0.15) is 16.1 Å². The van der Waals surface area contributed by atoms with E-state index in [1.165, 1.54) is 18.7 Å². The average Bonchev–Trinajstić information content (AvgIpc) is 2.50. The number of aliphatic hydroxyl groups is 1. The van der Waals surface area contributed by atoms with E-state index >= 15 is 0 Å². The van der Waals surface area contributed by atoms with E-state index in [1.54, 1.807) is 0 Å². The number of hydrogen-bond donors (Lipinski definition) is 3. The molecule has 0 radical (unpaired) electrons. The maximum Gasteiger partial charge on any atom is 0.341 e. The number of nitrogens with zero attached hydrogens (tertiary/aromatic N) is 2. The SMILES string of the molecule is Cc1nn(C)c(NCC(F)(F)CO)c1C(=O)O. The second kappa shape index (κ2) is 4.66. The number of aromatic nitrogens is 2. The lowest BCUT2D eigenvalue weighted by molar-refractivity contribution is -0.0374. The fraction of sp³-hybridized carbons (Fsp3) is 0.556. The molecular weight excluding hydrogens is 236 g/mol. The van der Waals surface area contributed by atoms with E-state index in [9.17, 15) is 13.6 Å². The lowest BCUT2D eigenvalue weighted by Crippen LogP contribution is -2.32. The molecule has 0 aliphatic carbocycles. The number of aryl methyl sites for hydroxylation is 2. The van der Waals surface area contributed by atoms with Gasteiger partial charge in [0.25, 0.3) is 5.92 Å². The van der Waals surface area contributed by atoms with Crippen molar-refractivity contribution in [2.24, 2.45) is 7.05 Å². The summed E-state index contributed by atoms with van der Waals surface area (Å²) in [5.41, 5.74) is 0.0797. The third-order valence-corrected chi connectivity index (χ3v) is 2.18. The molecule has 0 saturated heterocycles. The molecule has 6 nitrogen and oxygen atoms in total. The van der Waals surface area contributed by atoms with Crippen LogP contribution in [0.3, 0.4) is 0 Å². The largest absolute Gasteiger partial charge is 0.477 e. The molecular formula is C9H13F2N3O3. The normalized spacial score (nSPS) is 11.6. The third kappa shape index (κ3) is 2.90. The molecule has 0 saturated carbocycles. The van der Waals surface area contributed by atoms with E-state index < -0.39 is 25.0 Å². The average molecular weight is 249 g/mol. The molecule has 0 atom stereocenters. The molecule has 0 spiro atoms. The number of carboxylic acids is 1. The maximum absolute atomic E-state index is 12.8. The quantitative estimate of drug-likeness (QED) is 0.706. The van der Waals surface area contributed by atoms with Gasteiger partial charge in [0, 0.05) is 7.05 Å². The van der Waals surface area contributed by atoms with Crippen LogP contribution in [0.15, 0.2) is 0 Å². The first kappa shape index (κ1) is 13.4. The summed E-state index contributed by atoms with van der Waals surface area (Å²) >= 11 is 0. The molecule has 1 aromatic rings. The molecule has 0 amide bonds. The van der Waals surface area contributed by atoms with E-state index in [-0.39, 0.29) is 17.1 Å². The predicted molar refractivity (Wildman–Crippen MR) is 55.4 cm³/mol. The van der Waals surface area contributed by atoms with Gasteiger partial charge in [-0.25, -0.2) is 13.6 Å². The highest BCUT2D eigenvalue weighted by molar-refractivity contribution is 5.94. The summed E-state index contributed by atoms with van der Waals surface area (Å²) in [4.78, 5) is 10.9. The van der Waals surface area contributed by atoms with Crippen LogP contribution in [0.2, 0.25) is 0 Å². The minimum atomic E-state index is -3.31. The fourth-order valence-electron chi connectivity index (χ4n) is 1.39. The van der Waals surface area contributed by atoms with Crippen molar-refractivity contribution < 1.29 is 23.8 Å². The summed E-state index contributed by atoms with van der Waals surface area (Å²) in [5, 5.41) is 23.4. The topological polar surface area (TPSA) is 87.4 Å². The van der Waals surface area contributed by atoms with Crippen LogP contribution in [0.5, 0.6) is 0 Å². The van der Waals surface area contributed by atoms with Gasteiger partial charge in [0.1, 0.15) is 18.0 Å². The van der Waals surface area contributed by atoms with Crippen LogP contribution in [-0.2, 0) is 7.05 Å². The van der Waals surface area contributed by atoms with Gasteiger partial charge in [0.15, 0.2) is 0 Å². The summed E-state index contributed by atoms with van der Waals surface area (Å²) < 4.78 is 26.8. The highest BCUT2D eigenvalue weighted by Crippen LogP contribution is 2.20. The highest BCUT2D eigenvalue weighted by atomic mass is 19.3. The van der Waals surface area contributed by atoms with Crippen molar-refractivity contribution in [2.45, 2.75) is 12.8 Å². The third-order valence-electron chi connectivity index (χ3n) is 2.18. The van der Waals surface area contributed by atoms with Gasteiger partial charge in [0.2, 0.25) is 0 Å². The Labute approximate surface area is 95.9 Å². The molecule has 1 heterocycles. The van der Waals surface area contributed by atoms with Crippen molar-refractivity contribution in [3.05, 3.63) is 11.3 Å². The molecule has 0 unspecified atom stereocenters. The molecule has 1 aromatic heterocycles. The molecule has 0 aliphatic rings. The smallest absolute Gasteiger partial charge is 0.341 e. The second-order valence-electron chi connectivity index (χ2n) is 3.61. The van der Waals surface area contributed by atoms with Gasteiger partial charge in [-0.3, -0.25) is 4.68 Å². The number of anilines is 1. The van der Waals surface area contributed by atoms with E-state index in [0.29, 0.717) is 0 Å². The first-order valence-electron chi connectivity index (χ1n) is 4.78. The monoisotopic (exact) mass is 249 g/mol. The first-order valence-corrected chi connectivity index (χ1v) is 4.78. The highest BCUT2D eigenvalue weighted by Gasteiger charge is 2.29. The number of nitrogens with one attached hydrogen (secondary N) is 1. The summed E-state index contributed by atoms with van der Waals surface area (Å²) in [5.74, 6) is -4.57. The number of aromatic carboxylic acids is 1. The van der Waals surface area contributed by atoms with Crippen LogP contribution in [0, 0.1) is 6.92 Å². The Bertz CT molecular complexity index is 431. The summed E-state index contributed by atoms with van der Waals surface area (Å²) in [6, 6.07) is 0. The number of hydrogen-bond acceptors (Lipinski definition) is 4. The van der Waals surface area contributed by atoms with E-state index in [4.69, 9.17) is 10.2 Å². The second-order valence-corrected chi connectivity index (χ2v) is 3.61. The Morgan fingerprint density at radius 3 is 2.65 bits per heavy atom. The van der Waals surface area contributed by atoms with Crippen LogP contribution in [-0.4, -0.2) is 45.0 Å². The molecule has 96 valence electrons. The zero-order chi connectivity index (χ0) is 13.2. The van der Waals surface area contributed by atoms with Crippen molar-refractivity contribution in [3.8, 4) is 0 Å². The van der Waals surface area contributed by atoms with Gasteiger partial charge >= 0.3 is 5.97 Å². The molecule has 0 fully saturated rings. The van der Waals surface area contributed by atoms with Crippen molar-refractivity contribution in [1.29, 1.82) is 0 Å². The molecule has 17 heavy (non-hydrogen) atoms. The number of alkyl halides is 2. The van der Waals surface area contributed by atoms with Crippen molar-refractivity contribution >= 4 is 11.8 Å². The van der Waals surface area contributed by atoms with E-state index in [0.717, 1.165) is 0 Å².